The molecule has 31 heavy (non-hydrogen) atoms. The predicted octanol–water partition coefficient (Wildman–Crippen LogP) is 3.68. The van der Waals surface area contributed by atoms with Crippen molar-refractivity contribution in [2.75, 3.05) is 7.11 Å². The first kappa shape index (κ1) is 21.0. The number of aromatic nitrogens is 2. The fourth-order valence-electron chi connectivity index (χ4n) is 3.49. The zero-order valence-electron chi connectivity index (χ0n) is 16.1. The van der Waals surface area contributed by atoms with Gasteiger partial charge in [-0.05, 0) is 5.56 Å². The second-order valence-corrected chi connectivity index (χ2v) is 8.08. The van der Waals surface area contributed by atoms with Crippen LogP contribution in [-0.2, 0) is 17.9 Å². The molecule has 2 aromatic heterocycles. The molecule has 8 nitrogen and oxygen atoms in total. The highest BCUT2D eigenvalue weighted by Crippen LogP contribution is 2.44. The van der Waals surface area contributed by atoms with Gasteiger partial charge in [-0.2, -0.15) is 0 Å². The van der Waals surface area contributed by atoms with Crippen LogP contribution in [0.4, 0.5) is 0 Å². The number of hydrogen-bond acceptors (Lipinski definition) is 7. The molecule has 0 fully saturated rings. The van der Waals surface area contributed by atoms with Gasteiger partial charge in [-0.3, -0.25) is 14.2 Å². The molecule has 0 aliphatic heterocycles. The molecule has 0 amide bonds. The molecule has 2 heterocycles. The molecular weight excluding hydrogens is 444 g/mol. The minimum Gasteiger partial charge on any atom is -0.506 e. The lowest BCUT2D eigenvalue weighted by molar-refractivity contribution is 0.0691. The number of nitrogens with zero attached hydrogens (tertiary/aromatic N) is 2. The standard InChI is InChI=1S/C21H15ClN2O6S/c1-30-9-12-23-19-15(20(27)24(12)7-10-5-3-2-4-6-10)14-17(26)13(21(28)29)11(8-25)16(22)18(14)31-19/h2-6,8,26H,7,9H2,1H3,(H,28,29). The van der Waals surface area contributed by atoms with Gasteiger partial charge < -0.3 is 14.9 Å². The van der Waals surface area contributed by atoms with Crippen LogP contribution in [0.3, 0.4) is 0 Å². The second kappa shape index (κ2) is 8.10. The van der Waals surface area contributed by atoms with E-state index >= 15 is 0 Å². The van der Waals surface area contributed by atoms with Crippen LogP contribution >= 0.6 is 22.9 Å². The topological polar surface area (TPSA) is 119 Å². The highest BCUT2D eigenvalue weighted by molar-refractivity contribution is 7.26. The minimum absolute atomic E-state index is 0.0312. The van der Waals surface area contributed by atoms with E-state index in [4.69, 9.17) is 16.3 Å². The quantitative estimate of drug-likeness (QED) is 0.423. The van der Waals surface area contributed by atoms with Gasteiger partial charge in [0.2, 0.25) is 0 Å². The Morgan fingerprint density at radius 3 is 2.61 bits per heavy atom. The first-order valence-corrected chi connectivity index (χ1v) is 10.2. The van der Waals surface area contributed by atoms with E-state index < -0.39 is 22.8 Å². The molecule has 2 aromatic carbocycles. The monoisotopic (exact) mass is 458 g/mol. The van der Waals surface area contributed by atoms with Crippen LogP contribution in [0.5, 0.6) is 5.75 Å². The maximum atomic E-state index is 13.5. The number of carbonyl (C=O) groups is 2. The zero-order chi connectivity index (χ0) is 22.3. The highest BCUT2D eigenvalue weighted by Gasteiger charge is 2.28. The Kier molecular flexibility index (Phi) is 5.48. The maximum Gasteiger partial charge on any atom is 0.340 e. The van der Waals surface area contributed by atoms with E-state index in [-0.39, 0.29) is 50.3 Å². The molecule has 0 aliphatic rings. The van der Waals surface area contributed by atoms with Gasteiger partial charge >= 0.3 is 5.97 Å². The summed E-state index contributed by atoms with van der Waals surface area (Å²) in [6, 6.07) is 9.24. The van der Waals surface area contributed by atoms with E-state index in [0.29, 0.717) is 5.82 Å². The van der Waals surface area contributed by atoms with E-state index in [1.165, 1.54) is 11.7 Å². The van der Waals surface area contributed by atoms with E-state index in [2.05, 4.69) is 4.98 Å². The summed E-state index contributed by atoms with van der Waals surface area (Å²) >= 11 is 7.30. The number of phenols is 1. The van der Waals surface area contributed by atoms with Gasteiger partial charge in [0.05, 0.1) is 32.6 Å². The molecule has 0 saturated carbocycles. The molecule has 4 aromatic rings. The van der Waals surface area contributed by atoms with Crippen molar-refractivity contribution in [2.24, 2.45) is 0 Å². The smallest absolute Gasteiger partial charge is 0.340 e. The number of aldehydes is 1. The summed E-state index contributed by atoms with van der Waals surface area (Å²) in [5.74, 6) is -1.86. The molecule has 4 rings (SSSR count). The van der Waals surface area contributed by atoms with Crippen molar-refractivity contribution in [3.63, 3.8) is 0 Å². The number of carboxylic acids is 1. The average molecular weight is 459 g/mol. The van der Waals surface area contributed by atoms with E-state index in [0.717, 1.165) is 16.9 Å². The third-order valence-electron chi connectivity index (χ3n) is 4.86. The van der Waals surface area contributed by atoms with Crippen LogP contribution in [0, 0.1) is 0 Å². The Balaban J connectivity index is 2.13. The number of hydrogen-bond donors (Lipinski definition) is 2. The van der Waals surface area contributed by atoms with Gasteiger partial charge in [-0.25, -0.2) is 9.78 Å². The molecule has 0 atom stereocenters. The molecule has 0 saturated heterocycles. The van der Waals surface area contributed by atoms with Gasteiger partial charge in [0.1, 0.15) is 28.6 Å². The number of aromatic hydroxyl groups is 1. The summed E-state index contributed by atoms with van der Waals surface area (Å²) in [4.78, 5) is 41.5. The lowest BCUT2D eigenvalue weighted by atomic mass is 10.0. The van der Waals surface area contributed by atoms with Gasteiger partial charge in [0.25, 0.3) is 5.56 Å². The third-order valence-corrected chi connectivity index (χ3v) is 6.46. The average Bonchev–Trinajstić information content (AvgIpc) is 3.14. The predicted molar refractivity (Wildman–Crippen MR) is 117 cm³/mol. The van der Waals surface area contributed by atoms with E-state index in [9.17, 15) is 24.6 Å². The van der Waals surface area contributed by atoms with Crippen molar-refractivity contribution in [1.82, 2.24) is 9.55 Å². The Bertz CT molecular complexity index is 1410. The number of halogens is 1. The highest BCUT2D eigenvalue weighted by atomic mass is 35.5. The Morgan fingerprint density at radius 1 is 1.29 bits per heavy atom. The normalized spacial score (nSPS) is 11.3. The molecule has 0 unspecified atom stereocenters. The first-order valence-electron chi connectivity index (χ1n) is 9.00. The molecule has 0 spiro atoms. The number of thiophene rings is 1. The van der Waals surface area contributed by atoms with Crippen molar-refractivity contribution in [2.45, 2.75) is 13.2 Å². The summed E-state index contributed by atoms with van der Waals surface area (Å²) in [6.45, 7) is 0.261. The molecule has 2 N–H and O–H groups in total. The van der Waals surface area contributed by atoms with Crippen LogP contribution < -0.4 is 5.56 Å². The molecule has 0 radical (unpaired) electrons. The number of rotatable bonds is 6. The maximum absolute atomic E-state index is 13.5. The number of ether oxygens (including phenoxy) is 1. The van der Waals surface area contributed by atoms with Crippen LogP contribution in [0.1, 0.15) is 32.1 Å². The largest absolute Gasteiger partial charge is 0.506 e. The molecule has 0 bridgehead atoms. The molecule has 0 aliphatic carbocycles. The summed E-state index contributed by atoms with van der Waals surface area (Å²) in [7, 11) is 1.48. The third kappa shape index (κ3) is 3.36. The van der Waals surface area contributed by atoms with Crippen LogP contribution in [0.15, 0.2) is 35.1 Å². The molecule has 158 valence electrons. The first-order chi connectivity index (χ1) is 14.9. The van der Waals surface area contributed by atoms with E-state index in [1.807, 2.05) is 30.3 Å². The van der Waals surface area contributed by atoms with Crippen molar-refractivity contribution in [1.29, 1.82) is 0 Å². The van der Waals surface area contributed by atoms with Gasteiger partial charge in [-0.1, -0.05) is 41.9 Å². The fourth-order valence-corrected chi connectivity index (χ4v) is 4.97. The zero-order valence-corrected chi connectivity index (χ0v) is 17.7. The van der Waals surface area contributed by atoms with Gasteiger partial charge in [-0.15, -0.1) is 11.3 Å². The Labute approximate surface area is 183 Å². The number of aromatic carboxylic acids is 1. The SMILES string of the molecule is COCc1nc2sc3c(Cl)c(C=O)c(C(=O)O)c(O)c3c2c(=O)n1Cc1ccccc1. The van der Waals surface area contributed by atoms with Crippen molar-refractivity contribution < 1.29 is 24.5 Å². The summed E-state index contributed by atoms with van der Waals surface area (Å²) in [6.07, 6.45) is 0.271. The number of fused-ring (bicyclic) bond motifs is 3. The summed E-state index contributed by atoms with van der Waals surface area (Å²) < 4.78 is 6.83. The minimum atomic E-state index is -1.53. The number of methoxy groups -OCH3 is 1. The number of benzene rings is 2. The van der Waals surface area contributed by atoms with Crippen LogP contribution in [-0.4, -0.2) is 39.1 Å². The second-order valence-electron chi connectivity index (χ2n) is 6.70. The summed E-state index contributed by atoms with van der Waals surface area (Å²) in [5.41, 5.74) is -0.636. The number of carbonyl (C=O) groups excluding carboxylic acids is 1. The van der Waals surface area contributed by atoms with Gasteiger partial charge in [0, 0.05) is 7.11 Å². The number of carboxylic acid groups (broad SMARTS) is 1. The van der Waals surface area contributed by atoms with Crippen molar-refractivity contribution in [3.05, 3.63) is 68.2 Å². The summed E-state index contributed by atoms with van der Waals surface area (Å²) in [5, 5.41) is 20.1. The van der Waals surface area contributed by atoms with Gasteiger partial charge in [0.15, 0.2) is 6.29 Å². The lowest BCUT2D eigenvalue weighted by Crippen LogP contribution is -2.26. The van der Waals surface area contributed by atoms with Crippen LogP contribution in [0.25, 0.3) is 20.3 Å². The Hall–Kier alpha value is -3.27. The van der Waals surface area contributed by atoms with Crippen LogP contribution in [0.2, 0.25) is 5.02 Å². The van der Waals surface area contributed by atoms with Crippen molar-refractivity contribution >= 4 is 55.5 Å². The lowest BCUT2D eigenvalue weighted by Gasteiger charge is -2.12. The fraction of sp³-hybridized carbons (Fsp3) is 0.143. The molecule has 10 heteroatoms. The van der Waals surface area contributed by atoms with E-state index in [1.54, 1.807) is 0 Å². The van der Waals surface area contributed by atoms with Crippen molar-refractivity contribution in [3.8, 4) is 5.75 Å². The Morgan fingerprint density at radius 2 is 2.00 bits per heavy atom. The molecular formula is C21H15ClN2O6S.